The highest BCUT2D eigenvalue weighted by molar-refractivity contribution is 6.37. The smallest absolute Gasteiger partial charge is 0.367 e. The van der Waals surface area contributed by atoms with E-state index < -0.39 is 40.3 Å². The third kappa shape index (κ3) is 4.49. The Kier molecular flexibility index (Phi) is 6.09. The molecule has 1 saturated heterocycles. The molecule has 2 heterocycles. The maximum Gasteiger partial charge on any atom is 0.367 e. The lowest BCUT2D eigenvalue weighted by atomic mass is 10.2. The van der Waals surface area contributed by atoms with Crippen molar-refractivity contribution in [1.82, 2.24) is 19.8 Å². The van der Waals surface area contributed by atoms with Crippen LogP contribution < -0.4 is 16.0 Å². The number of hydrogen-bond acceptors (Lipinski definition) is 9. The van der Waals surface area contributed by atoms with Crippen molar-refractivity contribution in [1.29, 1.82) is 0 Å². The number of hydroxylamine groups is 2. The second-order valence-corrected chi connectivity index (χ2v) is 7.65. The van der Waals surface area contributed by atoms with Crippen molar-refractivity contribution in [3.05, 3.63) is 73.0 Å². The molecule has 0 radical (unpaired) electrons. The highest BCUT2D eigenvalue weighted by Crippen LogP contribution is 2.39. The number of halogens is 2. The Hall–Kier alpha value is -4.16. The number of nitrogens with zero attached hydrogens (tertiary/aromatic N) is 3. The van der Waals surface area contributed by atoms with Gasteiger partial charge in [-0.05, 0) is 30.3 Å². The molecule has 2 N–H and O–H groups in total. The fraction of sp³-hybridized carbons (Fsp3) is 0.100. The third-order valence-corrected chi connectivity index (χ3v) is 5.09. The number of aromatic amines is 1. The van der Waals surface area contributed by atoms with E-state index in [1.807, 2.05) is 4.98 Å². The molecular formula is C20H12Cl2N4O8. The van der Waals surface area contributed by atoms with Crippen LogP contribution in [0.2, 0.25) is 10.0 Å². The molecule has 34 heavy (non-hydrogen) atoms. The first-order valence-corrected chi connectivity index (χ1v) is 10.2. The summed E-state index contributed by atoms with van der Waals surface area (Å²) < 4.78 is 6.50. The van der Waals surface area contributed by atoms with Gasteiger partial charge >= 0.3 is 11.7 Å². The summed E-state index contributed by atoms with van der Waals surface area (Å²) in [6, 6.07) is 6.12. The molecule has 0 saturated carbocycles. The first-order valence-electron chi connectivity index (χ1n) is 9.41. The van der Waals surface area contributed by atoms with E-state index in [-0.39, 0.29) is 40.1 Å². The Morgan fingerprint density at radius 2 is 1.68 bits per heavy atom. The zero-order chi connectivity index (χ0) is 24.6. The van der Waals surface area contributed by atoms with Crippen LogP contribution in [-0.4, -0.2) is 42.7 Å². The van der Waals surface area contributed by atoms with Crippen LogP contribution in [0, 0.1) is 0 Å². The number of rotatable bonds is 5. The largest absolute Gasteiger partial charge is 0.507 e. The minimum atomic E-state index is -1.16. The summed E-state index contributed by atoms with van der Waals surface area (Å²) in [5, 5.41) is 14.0. The number of H-pyrrole nitrogens is 1. The lowest BCUT2D eigenvalue weighted by Crippen LogP contribution is -2.32. The highest BCUT2D eigenvalue weighted by atomic mass is 35.5. The normalized spacial score (nSPS) is 13.3. The van der Waals surface area contributed by atoms with E-state index in [2.05, 4.69) is 5.10 Å². The van der Waals surface area contributed by atoms with Gasteiger partial charge in [0.15, 0.2) is 5.75 Å². The molecular weight excluding hydrogens is 495 g/mol. The van der Waals surface area contributed by atoms with Crippen molar-refractivity contribution in [2.24, 2.45) is 0 Å². The minimum Gasteiger partial charge on any atom is -0.507 e. The van der Waals surface area contributed by atoms with E-state index in [4.69, 9.17) is 32.8 Å². The summed E-state index contributed by atoms with van der Waals surface area (Å²) in [4.78, 5) is 65.7. The highest BCUT2D eigenvalue weighted by Gasteiger charge is 2.33. The van der Waals surface area contributed by atoms with Gasteiger partial charge in [-0.3, -0.25) is 19.4 Å². The van der Waals surface area contributed by atoms with Gasteiger partial charge in [-0.1, -0.05) is 23.2 Å². The Morgan fingerprint density at radius 1 is 1.03 bits per heavy atom. The minimum absolute atomic E-state index is 0.000270. The van der Waals surface area contributed by atoms with Crippen LogP contribution in [0.3, 0.4) is 0 Å². The van der Waals surface area contributed by atoms with Gasteiger partial charge in [0, 0.05) is 12.8 Å². The summed E-state index contributed by atoms with van der Waals surface area (Å²) >= 11 is 12.5. The second kappa shape index (κ2) is 9.00. The van der Waals surface area contributed by atoms with Crippen molar-refractivity contribution in [3.63, 3.8) is 0 Å². The number of ether oxygens (including phenoxy) is 1. The van der Waals surface area contributed by atoms with Gasteiger partial charge in [0.2, 0.25) is 0 Å². The van der Waals surface area contributed by atoms with Crippen LogP contribution in [0.5, 0.6) is 17.2 Å². The van der Waals surface area contributed by atoms with Gasteiger partial charge in [-0.25, -0.2) is 9.59 Å². The number of hydrogen-bond donors (Lipinski definition) is 2. The van der Waals surface area contributed by atoms with E-state index in [0.717, 1.165) is 23.0 Å². The fourth-order valence-corrected chi connectivity index (χ4v) is 3.51. The predicted octanol–water partition coefficient (Wildman–Crippen LogP) is 1.95. The Labute approximate surface area is 198 Å². The van der Waals surface area contributed by atoms with Crippen LogP contribution in [-0.2, 0) is 14.4 Å². The number of imide groups is 1. The molecule has 1 aromatic heterocycles. The van der Waals surface area contributed by atoms with Crippen molar-refractivity contribution >= 4 is 41.0 Å². The number of benzene rings is 2. The molecule has 12 nitrogen and oxygen atoms in total. The molecule has 0 bridgehead atoms. The number of phenols is 1. The van der Waals surface area contributed by atoms with Gasteiger partial charge in [0.05, 0.1) is 15.7 Å². The Bertz CT molecular complexity index is 1430. The number of phenolic OH excluding ortho intramolecular Hbond substituents is 1. The van der Waals surface area contributed by atoms with E-state index in [0.29, 0.717) is 5.06 Å². The van der Waals surface area contributed by atoms with Crippen molar-refractivity contribution in [2.75, 3.05) is 0 Å². The van der Waals surface area contributed by atoms with Gasteiger partial charge in [0.25, 0.3) is 17.4 Å². The number of amides is 2. The maximum atomic E-state index is 12.4. The van der Waals surface area contributed by atoms with E-state index in [1.54, 1.807) is 0 Å². The molecule has 1 fully saturated rings. The van der Waals surface area contributed by atoms with Crippen molar-refractivity contribution < 1.29 is 29.1 Å². The second-order valence-electron chi connectivity index (χ2n) is 6.83. The molecule has 14 heteroatoms. The Morgan fingerprint density at radius 3 is 2.29 bits per heavy atom. The summed E-state index contributed by atoms with van der Waals surface area (Å²) in [5.74, 6) is -3.07. The van der Waals surface area contributed by atoms with Crippen LogP contribution in [0.25, 0.3) is 5.69 Å². The third-order valence-electron chi connectivity index (χ3n) is 4.53. The van der Waals surface area contributed by atoms with Gasteiger partial charge < -0.3 is 14.7 Å². The SMILES string of the molecule is O=C(ON1C(=O)CCC1=O)c1cc(Oc2c(Cl)cc(-n3ncc(=O)[nH]c3=O)cc2Cl)ccc1O. The average Bonchev–Trinajstić information content (AvgIpc) is 3.09. The summed E-state index contributed by atoms with van der Waals surface area (Å²) in [6.45, 7) is 0. The standard InChI is InChI=1S/C20H12Cl2N4O8/c21-12-5-9(25-20(32)24-15(28)8-23-25)6-13(22)18(12)33-10-1-2-14(27)11(7-10)19(31)34-26-16(29)3-4-17(26)30/h1-2,5-8,27H,3-4H2,(H,24,28,32). The average molecular weight is 507 g/mol. The van der Waals surface area contributed by atoms with Crippen LogP contribution >= 0.6 is 23.2 Å². The monoisotopic (exact) mass is 506 g/mol. The van der Waals surface area contributed by atoms with Gasteiger partial charge in [0.1, 0.15) is 23.3 Å². The van der Waals surface area contributed by atoms with Crippen molar-refractivity contribution in [2.45, 2.75) is 12.8 Å². The summed E-state index contributed by atoms with van der Waals surface area (Å²) in [7, 11) is 0. The lowest BCUT2D eigenvalue weighted by molar-refractivity contribution is -0.172. The predicted molar refractivity (Wildman–Crippen MR) is 115 cm³/mol. The zero-order valence-corrected chi connectivity index (χ0v) is 18.3. The number of aromatic hydroxyl groups is 1. The molecule has 0 spiro atoms. The zero-order valence-electron chi connectivity index (χ0n) is 16.8. The summed E-state index contributed by atoms with van der Waals surface area (Å²) in [6.07, 6.45) is 0.720. The molecule has 1 aliphatic rings. The number of carbonyl (C=O) groups excluding carboxylic acids is 3. The van der Waals surface area contributed by atoms with Crippen LogP contribution in [0.4, 0.5) is 0 Å². The molecule has 3 aromatic rings. The topological polar surface area (TPSA) is 161 Å². The molecule has 0 aliphatic carbocycles. The summed E-state index contributed by atoms with van der Waals surface area (Å²) in [5.41, 5.74) is -1.75. The maximum absolute atomic E-state index is 12.4. The quantitative estimate of drug-likeness (QED) is 0.492. The number of carbonyl (C=O) groups is 3. The van der Waals surface area contributed by atoms with Gasteiger partial charge in [-0.2, -0.15) is 9.78 Å². The molecule has 174 valence electrons. The molecule has 2 amide bonds. The fourth-order valence-electron chi connectivity index (χ4n) is 2.95. The van der Waals surface area contributed by atoms with Crippen LogP contribution in [0.15, 0.2) is 46.1 Å². The first kappa shape index (κ1) is 23.0. The lowest BCUT2D eigenvalue weighted by Gasteiger charge is -2.15. The molecule has 0 unspecified atom stereocenters. The van der Waals surface area contributed by atoms with E-state index in [9.17, 15) is 29.1 Å². The molecule has 0 atom stereocenters. The molecule has 2 aromatic carbocycles. The number of nitrogens with one attached hydrogen (secondary N) is 1. The van der Waals surface area contributed by atoms with Crippen LogP contribution in [0.1, 0.15) is 23.2 Å². The number of aromatic nitrogens is 3. The Balaban J connectivity index is 1.61. The van der Waals surface area contributed by atoms with E-state index >= 15 is 0 Å². The first-order chi connectivity index (χ1) is 16.1. The van der Waals surface area contributed by atoms with Gasteiger partial charge in [-0.15, -0.1) is 5.06 Å². The molecule has 4 rings (SSSR count). The van der Waals surface area contributed by atoms with Crippen molar-refractivity contribution in [3.8, 4) is 22.9 Å². The van der Waals surface area contributed by atoms with E-state index in [1.165, 1.54) is 18.2 Å². The molecule has 1 aliphatic heterocycles.